The molecule has 0 fully saturated rings. The number of thiophene rings is 1. The van der Waals surface area contributed by atoms with Crippen LogP contribution in [0.5, 0.6) is 0 Å². The van der Waals surface area contributed by atoms with Crippen molar-refractivity contribution in [3.63, 3.8) is 0 Å². The fourth-order valence-electron chi connectivity index (χ4n) is 2.66. The van der Waals surface area contributed by atoms with E-state index >= 15 is 0 Å². The zero-order valence-corrected chi connectivity index (χ0v) is 12.9. The maximum atomic E-state index is 13.7. The molecular formula is C16H14FNOS2. The van der Waals surface area contributed by atoms with Gasteiger partial charge in [0.2, 0.25) is 0 Å². The Kier molecular flexibility index (Phi) is 3.28. The second kappa shape index (κ2) is 5.16. The first-order chi connectivity index (χ1) is 10.2. The first-order valence-corrected chi connectivity index (χ1v) is 8.82. The minimum Gasteiger partial charge on any atom is -0.456 e. The van der Waals surface area contributed by atoms with Crippen LogP contribution >= 0.6 is 23.1 Å². The van der Waals surface area contributed by atoms with Crippen LogP contribution in [0.2, 0.25) is 0 Å². The Labute approximate surface area is 130 Å². The van der Waals surface area contributed by atoms with E-state index in [4.69, 9.17) is 10.2 Å². The summed E-state index contributed by atoms with van der Waals surface area (Å²) < 4.78 is 19.4. The number of rotatable bonds is 2. The molecule has 1 aromatic carbocycles. The normalized spacial score (nSPS) is 16.1. The number of aryl methyl sites for hydroxylation is 1. The number of hydrogen-bond acceptors (Lipinski definition) is 4. The predicted octanol–water partition coefficient (Wildman–Crippen LogP) is 4.47. The molecule has 1 atom stereocenters. The van der Waals surface area contributed by atoms with Gasteiger partial charge in [0.15, 0.2) is 11.4 Å². The number of hydrogen-bond donors (Lipinski definition) is 1. The largest absolute Gasteiger partial charge is 0.456 e. The van der Waals surface area contributed by atoms with Gasteiger partial charge >= 0.3 is 0 Å². The molecule has 1 unspecified atom stereocenters. The molecule has 0 aliphatic carbocycles. The number of halogens is 1. The quantitative estimate of drug-likeness (QED) is 0.757. The molecule has 0 bridgehead atoms. The third-order valence-corrected chi connectivity index (χ3v) is 6.10. The van der Waals surface area contributed by atoms with E-state index in [-0.39, 0.29) is 11.9 Å². The minimum absolute atomic E-state index is 0.292. The number of para-hydroxylation sites is 1. The highest BCUT2D eigenvalue weighted by Gasteiger charge is 2.21. The van der Waals surface area contributed by atoms with E-state index in [1.165, 1.54) is 22.3 Å². The SMILES string of the molecule is NC(c1cc2cccc(F)c2o1)c1cc2c(s1)CCSC2. The molecule has 21 heavy (non-hydrogen) atoms. The summed E-state index contributed by atoms with van der Waals surface area (Å²) in [4.78, 5) is 2.53. The standard InChI is InChI=1S/C16H14FNOS2/c17-11-3-1-2-9-6-12(19-16(9)11)15(18)14-7-10-8-20-5-4-13(10)21-14/h1-3,6-7,15H,4-5,8,18H2. The molecule has 1 aliphatic heterocycles. The summed E-state index contributed by atoms with van der Waals surface area (Å²) in [7, 11) is 0. The van der Waals surface area contributed by atoms with E-state index in [9.17, 15) is 4.39 Å². The van der Waals surface area contributed by atoms with Crippen LogP contribution in [0.25, 0.3) is 11.0 Å². The summed E-state index contributed by atoms with van der Waals surface area (Å²) in [6, 6.07) is 8.63. The molecule has 5 heteroatoms. The maximum Gasteiger partial charge on any atom is 0.169 e. The average molecular weight is 319 g/mol. The molecule has 3 aromatic rings. The van der Waals surface area contributed by atoms with Crippen molar-refractivity contribution in [1.82, 2.24) is 0 Å². The Morgan fingerprint density at radius 3 is 3.00 bits per heavy atom. The summed E-state index contributed by atoms with van der Waals surface area (Å²) in [6.07, 6.45) is 1.12. The maximum absolute atomic E-state index is 13.7. The second-order valence-corrected chi connectivity index (χ2v) is 7.46. The molecule has 108 valence electrons. The number of furan rings is 1. The van der Waals surface area contributed by atoms with Gasteiger partial charge in [0.1, 0.15) is 5.76 Å². The van der Waals surface area contributed by atoms with Gasteiger partial charge in [-0.25, -0.2) is 4.39 Å². The number of fused-ring (bicyclic) bond motifs is 2. The highest BCUT2D eigenvalue weighted by Crippen LogP contribution is 2.37. The van der Waals surface area contributed by atoms with Crippen LogP contribution in [-0.4, -0.2) is 5.75 Å². The lowest BCUT2D eigenvalue weighted by atomic mass is 10.1. The van der Waals surface area contributed by atoms with Gasteiger partial charge in [0.25, 0.3) is 0 Å². The molecule has 3 heterocycles. The fraction of sp³-hybridized carbons (Fsp3) is 0.250. The van der Waals surface area contributed by atoms with E-state index in [0.29, 0.717) is 11.3 Å². The zero-order valence-electron chi connectivity index (χ0n) is 11.3. The summed E-state index contributed by atoms with van der Waals surface area (Å²) in [6.45, 7) is 0. The topological polar surface area (TPSA) is 39.2 Å². The Hall–Kier alpha value is -1.30. The van der Waals surface area contributed by atoms with Crippen LogP contribution in [0.3, 0.4) is 0 Å². The van der Waals surface area contributed by atoms with Crippen molar-refractivity contribution in [1.29, 1.82) is 0 Å². The second-order valence-electron chi connectivity index (χ2n) is 5.18. The van der Waals surface area contributed by atoms with E-state index in [1.54, 1.807) is 17.4 Å². The first-order valence-electron chi connectivity index (χ1n) is 6.85. The monoisotopic (exact) mass is 319 g/mol. The fourth-order valence-corrected chi connectivity index (χ4v) is 5.05. The zero-order chi connectivity index (χ0) is 14.4. The molecule has 0 saturated heterocycles. The van der Waals surface area contributed by atoms with Gasteiger partial charge in [-0.15, -0.1) is 11.3 Å². The lowest BCUT2D eigenvalue weighted by Gasteiger charge is -2.08. The smallest absolute Gasteiger partial charge is 0.169 e. The summed E-state index contributed by atoms with van der Waals surface area (Å²) in [5.41, 5.74) is 8.01. The molecule has 0 spiro atoms. The average Bonchev–Trinajstić information content (AvgIpc) is 3.11. The molecule has 1 aliphatic rings. The first kappa shape index (κ1) is 13.4. The summed E-state index contributed by atoms with van der Waals surface area (Å²) in [5, 5.41) is 0.761. The lowest BCUT2D eigenvalue weighted by Crippen LogP contribution is -2.08. The predicted molar refractivity (Wildman–Crippen MR) is 86.4 cm³/mol. The molecule has 4 rings (SSSR count). The Balaban J connectivity index is 1.73. The number of benzene rings is 1. The van der Waals surface area contributed by atoms with Gasteiger partial charge in [0, 0.05) is 20.9 Å². The van der Waals surface area contributed by atoms with Crippen molar-refractivity contribution < 1.29 is 8.81 Å². The van der Waals surface area contributed by atoms with E-state index in [2.05, 4.69) is 6.07 Å². The molecule has 0 saturated carbocycles. The van der Waals surface area contributed by atoms with E-state index in [0.717, 1.165) is 22.4 Å². The van der Waals surface area contributed by atoms with Crippen molar-refractivity contribution >= 4 is 34.1 Å². The molecule has 2 N–H and O–H groups in total. The van der Waals surface area contributed by atoms with Crippen molar-refractivity contribution in [2.45, 2.75) is 18.2 Å². The van der Waals surface area contributed by atoms with Crippen LogP contribution in [-0.2, 0) is 12.2 Å². The van der Waals surface area contributed by atoms with Crippen molar-refractivity contribution in [3.05, 3.63) is 57.2 Å². The van der Waals surface area contributed by atoms with Crippen LogP contribution in [0.15, 0.2) is 34.7 Å². The number of nitrogens with two attached hydrogens (primary N) is 1. The van der Waals surface area contributed by atoms with Crippen molar-refractivity contribution in [2.75, 3.05) is 5.75 Å². The van der Waals surface area contributed by atoms with Crippen LogP contribution < -0.4 is 5.73 Å². The third kappa shape index (κ3) is 2.29. The van der Waals surface area contributed by atoms with Gasteiger partial charge in [0.05, 0.1) is 6.04 Å². The van der Waals surface area contributed by atoms with Crippen molar-refractivity contribution in [2.24, 2.45) is 5.73 Å². The van der Waals surface area contributed by atoms with Gasteiger partial charge in [-0.2, -0.15) is 11.8 Å². The third-order valence-electron chi connectivity index (χ3n) is 3.77. The summed E-state index contributed by atoms with van der Waals surface area (Å²) in [5.74, 6) is 2.53. The Morgan fingerprint density at radius 1 is 1.29 bits per heavy atom. The molecule has 2 nitrogen and oxygen atoms in total. The Morgan fingerprint density at radius 2 is 2.19 bits per heavy atom. The highest BCUT2D eigenvalue weighted by atomic mass is 32.2. The van der Waals surface area contributed by atoms with Crippen molar-refractivity contribution in [3.8, 4) is 0 Å². The van der Waals surface area contributed by atoms with Crippen LogP contribution in [0.1, 0.15) is 27.1 Å². The van der Waals surface area contributed by atoms with Crippen LogP contribution in [0, 0.1) is 5.82 Å². The highest BCUT2D eigenvalue weighted by molar-refractivity contribution is 7.98. The van der Waals surface area contributed by atoms with Gasteiger partial charge in [-0.1, -0.05) is 12.1 Å². The molecule has 0 amide bonds. The van der Waals surface area contributed by atoms with E-state index < -0.39 is 0 Å². The molecule has 2 aromatic heterocycles. The minimum atomic E-state index is -0.340. The number of thioether (sulfide) groups is 1. The Bertz CT molecular complexity index is 784. The van der Waals surface area contributed by atoms with Gasteiger partial charge in [-0.05, 0) is 35.9 Å². The van der Waals surface area contributed by atoms with Crippen LogP contribution in [0.4, 0.5) is 4.39 Å². The van der Waals surface area contributed by atoms with E-state index in [1.807, 2.05) is 23.9 Å². The van der Waals surface area contributed by atoms with Gasteiger partial charge in [-0.3, -0.25) is 0 Å². The molecular weight excluding hydrogens is 305 g/mol. The lowest BCUT2D eigenvalue weighted by molar-refractivity contribution is 0.504. The van der Waals surface area contributed by atoms with Gasteiger partial charge < -0.3 is 10.2 Å². The summed E-state index contributed by atoms with van der Waals surface area (Å²) >= 11 is 3.72. The molecule has 0 radical (unpaired) electrons.